The van der Waals surface area contributed by atoms with Crippen LogP contribution in [0.15, 0.2) is 0 Å². The van der Waals surface area contributed by atoms with E-state index in [0.717, 1.165) is 38.5 Å². The quantitative estimate of drug-likeness (QED) is 0.133. The lowest BCUT2D eigenvalue weighted by Crippen LogP contribution is -2.60. The van der Waals surface area contributed by atoms with Crippen LogP contribution in [0.25, 0.3) is 0 Å². The highest BCUT2D eigenvalue weighted by molar-refractivity contribution is 5.70. The lowest BCUT2D eigenvalue weighted by atomic mass is 9.92. The van der Waals surface area contributed by atoms with Crippen molar-refractivity contribution in [3.63, 3.8) is 0 Å². The summed E-state index contributed by atoms with van der Waals surface area (Å²) in [4.78, 5) is 24.7. The number of carbonyl (C=O) groups is 2. The Morgan fingerprint density at radius 3 is 1.81 bits per heavy atom. The average Bonchev–Trinajstić information content (AvgIpc) is 2.86. The molecule has 0 amide bonds. The smallest absolute Gasteiger partial charge is 0.306 e. The number of ether oxygens (including phenoxy) is 2. The SMILES string of the molecule is CCCCCCCCCC(=O)OC[C@@H](C[C@H]1NC[C@@H](O)[C@H](O)[C@H]1O)OC(=O)CCCCCCCCC. The van der Waals surface area contributed by atoms with Gasteiger partial charge in [0.1, 0.15) is 18.8 Å². The number of nitrogens with one attached hydrogen (secondary N) is 1. The maximum atomic E-state index is 12.5. The third-order valence-corrected chi connectivity index (χ3v) is 6.96. The number of hydrogen-bond acceptors (Lipinski definition) is 8. The predicted octanol–water partition coefficient (Wildman–Crippen LogP) is 4.17. The molecular weight excluding hydrogens is 462 g/mol. The number of rotatable bonds is 21. The molecule has 1 aliphatic heterocycles. The second-order valence-electron chi connectivity index (χ2n) is 10.3. The zero-order valence-electron chi connectivity index (χ0n) is 22.8. The Kier molecular flexibility index (Phi) is 19.0. The van der Waals surface area contributed by atoms with Crippen LogP contribution < -0.4 is 5.32 Å². The molecule has 1 rings (SSSR count). The van der Waals surface area contributed by atoms with E-state index in [9.17, 15) is 24.9 Å². The highest BCUT2D eigenvalue weighted by Gasteiger charge is 2.38. The molecule has 4 N–H and O–H groups in total. The summed E-state index contributed by atoms with van der Waals surface area (Å²) in [5.41, 5.74) is 0. The van der Waals surface area contributed by atoms with Crippen molar-refractivity contribution in [1.29, 1.82) is 0 Å². The molecule has 0 unspecified atom stereocenters. The lowest BCUT2D eigenvalue weighted by molar-refractivity contribution is -0.162. The van der Waals surface area contributed by atoms with Crippen molar-refractivity contribution in [2.24, 2.45) is 0 Å². The fraction of sp³-hybridized carbons (Fsp3) is 0.929. The van der Waals surface area contributed by atoms with Crippen LogP contribution in [0.3, 0.4) is 0 Å². The lowest BCUT2D eigenvalue weighted by Gasteiger charge is -2.37. The minimum absolute atomic E-state index is 0.0817. The molecule has 0 saturated carbocycles. The summed E-state index contributed by atoms with van der Waals surface area (Å²) in [6, 6.07) is -0.582. The number of aliphatic hydroxyl groups is 3. The molecule has 0 aromatic rings. The first-order valence-corrected chi connectivity index (χ1v) is 14.5. The van der Waals surface area contributed by atoms with E-state index < -0.39 is 30.5 Å². The van der Waals surface area contributed by atoms with Crippen molar-refractivity contribution >= 4 is 11.9 Å². The van der Waals surface area contributed by atoms with E-state index in [1.165, 1.54) is 51.4 Å². The van der Waals surface area contributed by atoms with Crippen LogP contribution in [0.2, 0.25) is 0 Å². The highest BCUT2D eigenvalue weighted by atomic mass is 16.6. The van der Waals surface area contributed by atoms with Crippen LogP contribution in [-0.2, 0) is 19.1 Å². The summed E-state index contributed by atoms with van der Waals surface area (Å²) in [6.45, 7) is 4.41. The molecule has 0 radical (unpaired) electrons. The van der Waals surface area contributed by atoms with E-state index in [2.05, 4.69) is 19.2 Å². The molecule has 1 fully saturated rings. The number of hydrogen-bond donors (Lipinski definition) is 4. The monoisotopic (exact) mass is 515 g/mol. The molecule has 1 heterocycles. The third-order valence-electron chi connectivity index (χ3n) is 6.96. The van der Waals surface area contributed by atoms with Gasteiger partial charge in [0, 0.05) is 31.8 Å². The van der Waals surface area contributed by atoms with Crippen LogP contribution in [0.4, 0.5) is 0 Å². The van der Waals surface area contributed by atoms with Gasteiger partial charge in [-0.1, -0.05) is 90.9 Å². The summed E-state index contributed by atoms with van der Waals surface area (Å²) < 4.78 is 11.0. The van der Waals surface area contributed by atoms with Gasteiger partial charge in [0.25, 0.3) is 0 Å². The van der Waals surface area contributed by atoms with Gasteiger partial charge in [0.15, 0.2) is 0 Å². The first kappa shape index (κ1) is 32.8. The Morgan fingerprint density at radius 1 is 0.750 bits per heavy atom. The summed E-state index contributed by atoms with van der Waals surface area (Å²) in [7, 11) is 0. The van der Waals surface area contributed by atoms with E-state index in [1.807, 2.05) is 0 Å². The Balaban J connectivity index is 2.44. The van der Waals surface area contributed by atoms with Crippen LogP contribution >= 0.6 is 0 Å². The van der Waals surface area contributed by atoms with Gasteiger partial charge in [0.05, 0.1) is 12.2 Å². The van der Waals surface area contributed by atoms with Crippen LogP contribution in [0, 0.1) is 0 Å². The molecule has 0 spiro atoms. The van der Waals surface area contributed by atoms with Crippen molar-refractivity contribution in [2.45, 2.75) is 153 Å². The van der Waals surface area contributed by atoms with Crippen LogP contribution in [0.1, 0.15) is 123 Å². The van der Waals surface area contributed by atoms with Gasteiger partial charge in [-0.05, 0) is 12.8 Å². The maximum absolute atomic E-state index is 12.5. The van der Waals surface area contributed by atoms with Gasteiger partial charge in [-0.2, -0.15) is 0 Å². The van der Waals surface area contributed by atoms with E-state index >= 15 is 0 Å². The average molecular weight is 516 g/mol. The molecule has 8 heteroatoms. The fourth-order valence-electron chi connectivity index (χ4n) is 4.59. The van der Waals surface area contributed by atoms with E-state index in [1.54, 1.807) is 0 Å². The van der Waals surface area contributed by atoms with Gasteiger partial charge >= 0.3 is 11.9 Å². The second-order valence-corrected chi connectivity index (χ2v) is 10.3. The molecule has 1 saturated heterocycles. The van der Waals surface area contributed by atoms with Crippen molar-refractivity contribution in [3.8, 4) is 0 Å². The largest absolute Gasteiger partial charge is 0.462 e. The minimum Gasteiger partial charge on any atom is -0.462 e. The summed E-state index contributed by atoms with van der Waals surface area (Å²) in [6.07, 6.45) is 12.0. The Bertz CT molecular complexity index is 574. The zero-order chi connectivity index (χ0) is 26.6. The molecular formula is C28H53NO7. The molecule has 212 valence electrons. The molecule has 1 aliphatic rings. The van der Waals surface area contributed by atoms with Crippen molar-refractivity contribution in [1.82, 2.24) is 5.32 Å². The summed E-state index contributed by atoms with van der Waals surface area (Å²) in [5.74, 6) is -0.660. The van der Waals surface area contributed by atoms with Gasteiger partial charge in [-0.15, -0.1) is 0 Å². The topological polar surface area (TPSA) is 125 Å². The standard InChI is InChI=1S/C28H53NO7/c1-3-5-7-9-11-13-15-17-25(31)35-21-22(19-23-27(33)28(34)24(30)20-29-23)36-26(32)18-16-14-12-10-8-6-4-2/h22-24,27-30,33-34H,3-21H2,1-2H3/t22-,23-,24-,27+,28+/m1/s1. The minimum atomic E-state index is -1.28. The van der Waals surface area contributed by atoms with Crippen LogP contribution in [0.5, 0.6) is 0 Å². The van der Waals surface area contributed by atoms with Gasteiger partial charge in [-0.3, -0.25) is 9.59 Å². The molecule has 8 nitrogen and oxygen atoms in total. The number of esters is 2. The first-order valence-electron chi connectivity index (χ1n) is 14.5. The van der Waals surface area contributed by atoms with E-state index in [0.29, 0.717) is 12.8 Å². The molecule has 5 atom stereocenters. The number of β-amino-alcohol motifs (C(OH)–C–C–N with tert-alkyl or cyclic N) is 1. The normalized spacial score (nSPS) is 22.8. The molecule has 0 aromatic carbocycles. The van der Waals surface area contributed by atoms with Crippen molar-refractivity contribution < 1.29 is 34.4 Å². The van der Waals surface area contributed by atoms with E-state index in [-0.39, 0.29) is 31.5 Å². The number of carbonyl (C=O) groups excluding carboxylic acids is 2. The summed E-state index contributed by atoms with van der Waals surface area (Å²) in [5, 5.41) is 33.1. The highest BCUT2D eigenvalue weighted by Crippen LogP contribution is 2.18. The number of aliphatic hydroxyl groups excluding tert-OH is 3. The number of unbranched alkanes of at least 4 members (excludes halogenated alkanes) is 12. The maximum Gasteiger partial charge on any atom is 0.306 e. The van der Waals surface area contributed by atoms with E-state index in [4.69, 9.17) is 9.47 Å². The Hall–Kier alpha value is -1.22. The Labute approximate surface area is 218 Å². The molecule has 0 aliphatic carbocycles. The van der Waals surface area contributed by atoms with Gasteiger partial charge in [0.2, 0.25) is 0 Å². The fourth-order valence-corrected chi connectivity index (χ4v) is 4.59. The molecule has 0 bridgehead atoms. The molecule has 0 aromatic heterocycles. The third kappa shape index (κ3) is 15.1. The van der Waals surface area contributed by atoms with Crippen LogP contribution in [-0.4, -0.2) is 70.9 Å². The number of piperidine rings is 1. The first-order chi connectivity index (χ1) is 17.4. The second kappa shape index (κ2) is 20.8. The summed E-state index contributed by atoms with van der Waals surface area (Å²) >= 11 is 0. The van der Waals surface area contributed by atoms with Gasteiger partial charge in [-0.25, -0.2) is 0 Å². The van der Waals surface area contributed by atoms with Crippen molar-refractivity contribution in [2.75, 3.05) is 13.2 Å². The molecule has 36 heavy (non-hydrogen) atoms. The Morgan fingerprint density at radius 2 is 1.25 bits per heavy atom. The van der Waals surface area contributed by atoms with Gasteiger partial charge < -0.3 is 30.1 Å². The van der Waals surface area contributed by atoms with Crippen molar-refractivity contribution in [3.05, 3.63) is 0 Å². The predicted molar refractivity (Wildman–Crippen MR) is 140 cm³/mol. The zero-order valence-corrected chi connectivity index (χ0v) is 22.8.